The Balaban J connectivity index is 1.68. The van der Waals surface area contributed by atoms with E-state index in [1.165, 1.54) is 5.56 Å². The van der Waals surface area contributed by atoms with Gasteiger partial charge in [0.1, 0.15) is 0 Å². The second-order valence-corrected chi connectivity index (χ2v) is 6.07. The van der Waals surface area contributed by atoms with Gasteiger partial charge in [0.2, 0.25) is 0 Å². The van der Waals surface area contributed by atoms with Crippen molar-refractivity contribution in [2.75, 3.05) is 12.3 Å². The second kappa shape index (κ2) is 7.81. The zero-order valence-electron chi connectivity index (χ0n) is 10.4. The van der Waals surface area contributed by atoms with Gasteiger partial charge in [0.25, 0.3) is 0 Å². The molecule has 0 saturated heterocycles. The Bertz CT molecular complexity index is 517. The number of nitrogens with one attached hydrogen (secondary N) is 1. The molecule has 2 aromatic rings. The van der Waals surface area contributed by atoms with E-state index in [0.717, 1.165) is 23.7 Å². The van der Waals surface area contributed by atoms with Gasteiger partial charge in [0.15, 0.2) is 0 Å². The van der Waals surface area contributed by atoms with Crippen LogP contribution in [0, 0.1) is 0 Å². The summed E-state index contributed by atoms with van der Waals surface area (Å²) in [4.78, 5) is 1.15. The van der Waals surface area contributed by atoms with Crippen LogP contribution in [0.15, 0.2) is 53.4 Å². The molecule has 1 N–H and O–H groups in total. The third kappa shape index (κ3) is 5.07. The zero-order valence-corrected chi connectivity index (χ0v) is 12.7. The molecule has 2 rings (SSSR count). The topological polar surface area (TPSA) is 12.0 Å². The van der Waals surface area contributed by atoms with Crippen molar-refractivity contribution in [3.05, 3.63) is 64.1 Å². The molecule has 0 aromatic heterocycles. The summed E-state index contributed by atoms with van der Waals surface area (Å²) in [6.45, 7) is 1.86. The highest BCUT2D eigenvalue weighted by Crippen LogP contribution is 2.27. The number of benzene rings is 2. The molecule has 0 aliphatic carbocycles. The Morgan fingerprint density at radius 2 is 1.74 bits per heavy atom. The Morgan fingerprint density at radius 3 is 2.47 bits per heavy atom. The number of hydrogen-bond acceptors (Lipinski definition) is 2. The molecule has 0 unspecified atom stereocenters. The lowest BCUT2D eigenvalue weighted by Crippen LogP contribution is -2.16. The van der Waals surface area contributed by atoms with Crippen LogP contribution in [0.25, 0.3) is 0 Å². The van der Waals surface area contributed by atoms with E-state index in [0.29, 0.717) is 10.0 Å². The monoisotopic (exact) mass is 311 g/mol. The van der Waals surface area contributed by atoms with Crippen molar-refractivity contribution in [1.82, 2.24) is 5.32 Å². The van der Waals surface area contributed by atoms with Gasteiger partial charge in [-0.1, -0.05) is 53.5 Å². The molecule has 100 valence electrons. The maximum atomic E-state index is 5.97. The first-order valence-electron chi connectivity index (χ1n) is 6.08. The molecule has 0 atom stereocenters. The minimum Gasteiger partial charge on any atom is -0.312 e. The van der Waals surface area contributed by atoms with Crippen LogP contribution in [-0.2, 0) is 6.54 Å². The number of hydrogen-bond donors (Lipinski definition) is 1. The summed E-state index contributed by atoms with van der Waals surface area (Å²) in [6, 6.07) is 16.1. The Morgan fingerprint density at radius 1 is 0.947 bits per heavy atom. The molecular weight excluding hydrogens is 297 g/mol. The van der Waals surface area contributed by atoms with E-state index in [2.05, 4.69) is 29.6 Å². The van der Waals surface area contributed by atoms with E-state index in [4.69, 9.17) is 23.2 Å². The van der Waals surface area contributed by atoms with Crippen LogP contribution in [-0.4, -0.2) is 12.3 Å². The van der Waals surface area contributed by atoms with Crippen LogP contribution in [0.1, 0.15) is 5.56 Å². The average Bonchev–Trinajstić information content (AvgIpc) is 2.43. The Labute approximate surface area is 128 Å². The normalized spacial score (nSPS) is 10.6. The number of rotatable bonds is 6. The van der Waals surface area contributed by atoms with E-state index in [9.17, 15) is 0 Å². The van der Waals surface area contributed by atoms with Crippen LogP contribution >= 0.6 is 35.0 Å². The second-order valence-electron chi connectivity index (χ2n) is 4.09. The van der Waals surface area contributed by atoms with Gasteiger partial charge in [-0.25, -0.2) is 0 Å². The predicted octanol–water partition coefficient (Wildman–Crippen LogP) is 4.88. The van der Waals surface area contributed by atoms with Gasteiger partial charge in [-0.15, -0.1) is 11.8 Å². The molecular formula is C15H15Cl2NS. The Kier molecular flexibility index (Phi) is 6.05. The molecule has 0 spiro atoms. The standard InChI is InChI=1S/C15H15Cl2NS/c16-14-7-6-13(10-15(14)17)19-9-8-18-11-12-4-2-1-3-5-12/h1-7,10,18H,8-9,11H2. The highest BCUT2D eigenvalue weighted by Gasteiger charge is 2.00. The first-order valence-corrected chi connectivity index (χ1v) is 7.82. The van der Waals surface area contributed by atoms with Crippen molar-refractivity contribution >= 4 is 35.0 Å². The van der Waals surface area contributed by atoms with E-state index in [1.54, 1.807) is 11.8 Å². The smallest absolute Gasteiger partial charge is 0.0603 e. The van der Waals surface area contributed by atoms with Gasteiger partial charge in [0, 0.05) is 23.7 Å². The molecule has 0 aliphatic heterocycles. The maximum absolute atomic E-state index is 5.97. The van der Waals surface area contributed by atoms with Crippen molar-refractivity contribution in [3.8, 4) is 0 Å². The highest BCUT2D eigenvalue weighted by molar-refractivity contribution is 7.99. The predicted molar refractivity (Wildman–Crippen MR) is 85.3 cm³/mol. The molecule has 0 fully saturated rings. The SMILES string of the molecule is Clc1ccc(SCCNCc2ccccc2)cc1Cl. The summed E-state index contributed by atoms with van der Waals surface area (Å²) in [5.41, 5.74) is 1.31. The maximum Gasteiger partial charge on any atom is 0.0603 e. The van der Waals surface area contributed by atoms with E-state index >= 15 is 0 Å². The summed E-state index contributed by atoms with van der Waals surface area (Å²) in [6.07, 6.45) is 0. The van der Waals surface area contributed by atoms with Crippen molar-refractivity contribution < 1.29 is 0 Å². The Hall–Kier alpha value is -0.670. The van der Waals surface area contributed by atoms with E-state index in [-0.39, 0.29) is 0 Å². The van der Waals surface area contributed by atoms with Gasteiger partial charge in [-0.3, -0.25) is 0 Å². The van der Waals surface area contributed by atoms with Gasteiger partial charge < -0.3 is 5.32 Å². The lowest BCUT2D eigenvalue weighted by atomic mass is 10.2. The number of thioether (sulfide) groups is 1. The van der Waals surface area contributed by atoms with Crippen LogP contribution in [0.2, 0.25) is 10.0 Å². The summed E-state index contributed by atoms with van der Waals surface area (Å²) in [5.74, 6) is 1.00. The summed E-state index contributed by atoms with van der Waals surface area (Å²) < 4.78 is 0. The molecule has 0 aliphatic rings. The van der Waals surface area contributed by atoms with Crippen LogP contribution in [0.4, 0.5) is 0 Å². The lowest BCUT2D eigenvalue weighted by molar-refractivity contribution is 0.732. The minimum atomic E-state index is 0.605. The summed E-state index contributed by atoms with van der Waals surface area (Å²) >= 11 is 13.6. The zero-order chi connectivity index (χ0) is 13.5. The quantitative estimate of drug-likeness (QED) is 0.603. The van der Waals surface area contributed by atoms with E-state index in [1.807, 2.05) is 24.3 Å². The number of halogens is 2. The average molecular weight is 312 g/mol. The van der Waals surface area contributed by atoms with Crippen molar-refractivity contribution in [1.29, 1.82) is 0 Å². The van der Waals surface area contributed by atoms with Gasteiger partial charge in [-0.05, 0) is 23.8 Å². The van der Waals surface area contributed by atoms with Crippen molar-refractivity contribution in [3.63, 3.8) is 0 Å². The molecule has 0 amide bonds. The fraction of sp³-hybridized carbons (Fsp3) is 0.200. The molecule has 0 bridgehead atoms. The molecule has 4 heteroatoms. The van der Waals surface area contributed by atoms with E-state index < -0.39 is 0 Å². The molecule has 2 aromatic carbocycles. The molecule has 0 heterocycles. The lowest BCUT2D eigenvalue weighted by Gasteiger charge is -2.05. The fourth-order valence-corrected chi connectivity index (χ4v) is 2.85. The molecule has 0 radical (unpaired) electrons. The molecule has 1 nitrogen and oxygen atoms in total. The van der Waals surface area contributed by atoms with Gasteiger partial charge in [-0.2, -0.15) is 0 Å². The van der Waals surface area contributed by atoms with Crippen molar-refractivity contribution in [2.45, 2.75) is 11.4 Å². The van der Waals surface area contributed by atoms with Crippen LogP contribution in [0.3, 0.4) is 0 Å². The third-order valence-corrected chi connectivity index (χ3v) is 4.35. The first-order chi connectivity index (χ1) is 9.25. The van der Waals surface area contributed by atoms with Crippen molar-refractivity contribution in [2.24, 2.45) is 0 Å². The summed E-state index contributed by atoms with van der Waals surface area (Å²) in [5, 5.41) is 4.64. The minimum absolute atomic E-state index is 0.605. The molecule has 19 heavy (non-hydrogen) atoms. The largest absolute Gasteiger partial charge is 0.312 e. The summed E-state index contributed by atoms with van der Waals surface area (Å²) in [7, 11) is 0. The van der Waals surface area contributed by atoms with Crippen LogP contribution < -0.4 is 5.32 Å². The highest BCUT2D eigenvalue weighted by atomic mass is 35.5. The fourth-order valence-electron chi connectivity index (χ4n) is 1.64. The first kappa shape index (κ1) is 14.7. The van der Waals surface area contributed by atoms with Crippen LogP contribution in [0.5, 0.6) is 0 Å². The third-order valence-electron chi connectivity index (χ3n) is 2.61. The van der Waals surface area contributed by atoms with Gasteiger partial charge >= 0.3 is 0 Å². The molecule has 0 saturated carbocycles. The van der Waals surface area contributed by atoms with Gasteiger partial charge in [0.05, 0.1) is 10.0 Å².